The quantitative estimate of drug-likeness (QED) is 0.886. The molecule has 0 saturated carbocycles. The van der Waals surface area contributed by atoms with Gasteiger partial charge in [-0.3, -0.25) is 0 Å². The molecule has 130 valence electrons. The molecule has 5 nitrogen and oxygen atoms in total. The van der Waals surface area contributed by atoms with Crippen LogP contribution in [0.25, 0.3) is 0 Å². The van der Waals surface area contributed by atoms with Crippen LogP contribution in [0.15, 0.2) is 18.2 Å². The van der Waals surface area contributed by atoms with E-state index in [2.05, 4.69) is 5.32 Å². The summed E-state index contributed by atoms with van der Waals surface area (Å²) in [5.74, 6) is 0.0640. The number of nitrogens with one attached hydrogen (secondary N) is 1. The van der Waals surface area contributed by atoms with Crippen molar-refractivity contribution in [2.75, 3.05) is 13.7 Å². The van der Waals surface area contributed by atoms with Gasteiger partial charge in [-0.2, -0.15) is 13.2 Å². The van der Waals surface area contributed by atoms with Crippen LogP contribution in [-0.4, -0.2) is 25.3 Å². The van der Waals surface area contributed by atoms with Gasteiger partial charge in [-0.25, -0.2) is 4.79 Å². The lowest BCUT2D eigenvalue weighted by Gasteiger charge is -2.25. The largest absolute Gasteiger partial charge is 0.497 e. The summed E-state index contributed by atoms with van der Waals surface area (Å²) in [6, 6.07) is 2.45. The number of amides is 1. The minimum Gasteiger partial charge on any atom is -0.497 e. The minimum atomic E-state index is -4.60. The summed E-state index contributed by atoms with van der Waals surface area (Å²) < 4.78 is 49.6. The average Bonchev–Trinajstić information content (AvgIpc) is 2.41. The zero-order valence-corrected chi connectivity index (χ0v) is 13.5. The Labute approximate surface area is 132 Å². The Kier molecular flexibility index (Phi) is 5.87. The highest BCUT2D eigenvalue weighted by Gasteiger charge is 2.36. The van der Waals surface area contributed by atoms with Crippen LogP contribution in [0.3, 0.4) is 0 Å². The number of methoxy groups -OCH3 is 1. The molecule has 0 saturated heterocycles. The lowest BCUT2D eigenvalue weighted by atomic mass is 9.99. The highest BCUT2D eigenvalue weighted by atomic mass is 19.4. The second-order valence-corrected chi connectivity index (χ2v) is 5.89. The van der Waals surface area contributed by atoms with Crippen LogP contribution in [0.2, 0.25) is 0 Å². The number of nitrogens with two attached hydrogens (primary N) is 1. The van der Waals surface area contributed by atoms with Crippen LogP contribution in [0.5, 0.6) is 5.75 Å². The van der Waals surface area contributed by atoms with E-state index in [4.69, 9.17) is 15.2 Å². The van der Waals surface area contributed by atoms with Gasteiger partial charge in [-0.05, 0) is 38.5 Å². The molecule has 0 spiro atoms. The summed E-state index contributed by atoms with van der Waals surface area (Å²) in [4.78, 5) is 11.8. The number of rotatable bonds is 4. The van der Waals surface area contributed by atoms with Crippen molar-refractivity contribution >= 4 is 6.09 Å². The van der Waals surface area contributed by atoms with Crippen molar-refractivity contribution in [3.8, 4) is 5.75 Å². The Morgan fingerprint density at radius 2 is 1.91 bits per heavy atom. The Balaban J connectivity index is 3.13. The van der Waals surface area contributed by atoms with Gasteiger partial charge in [0, 0.05) is 6.54 Å². The molecule has 3 N–H and O–H groups in total. The normalized spacial score (nSPS) is 13.4. The first-order valence-corrected chi connectivity index (χ1v) is 6.92. The molecule has 0 aliphatic carbocycles. The number of benzene rings is 1. The fraction of sp³-hybridized carbons (Fsp3) is 0.533. The third-order valence-corrected chi connectivity index (χ3v) is 2.87. The third kappa shape index (κ3) is 5.63. The third-order valence-electron chi connectivity index (χ3n) is 2.87. The van der Waals surface area contributed by atoms with E-state index < -0.39 is 29.5 Å². The van der Waals surface area contributed by atoms with Crippen LogP contribution in [0.4, 0.5) is 18.0 Å². The molecule has 0 aromatic heterocycles. The highest BCUT2D eigenvalue weighted by molar-refractivity contribution is 5.68. The predicted octanol–water partition coefficient (Wildman–Crippen LogP) is 3.24. The van der Waals surface area contributed by atoms with Gasteiger partial charge in [0.05, 0.1) is 18.7 Å². The number of ether oxygens (including phenoxy) is 2. The summed E-state index contributed by atoms with van der Waals surface area (Å²) in [7, 11) is 1.27. The average molecular weight is 334 g/mol. The molecule has 1 amide bonds. The Morgan fingerprint density at radius 1 is 1.30 bits per heavy atom. The first-order chi connectivity index (χ1) is 10.5. The number of hydrogen-bond acceptors (Lipinski definition) is 4. The number of hydrogen-bond donors (Lipinski definition) is 2. The molecule has 8 heteroatoms. The number of alkyl carbamates (subject to hydrolysis) is 1. The summed E-state index contributed by atoms with van der Waals surface area (Å²) in [5, 5.41) is 2.36. The summed E-state index contributed by atoms with van der Waals surface area (Å²) in [6.07, 6.45) is -5.44. The van der Waals surface area contributed by atoms with E-state index in [0.717, 1.165) is 6.07 Å². The second kappa shape index (κ2) is 7.08. The molecule has 1 aromatic rings. The molecule has 0 radical (unpaired) electrons. The molecule has 1 rings (SSSR count). The van der Waals surface area contributed by atoms with Gasteiger partial charge in [0.25, 0.3) is 0 Å². The van der Waals surface area contributed by atoms with Crippen LogP contribution >= 0.6 is 0 Å². The molecule has 1 aromatic carbocycles. The minimum absolute atomic E-state index is 0.0640. The molecule has 0 bridgehead atoms. The molecular weight excluding hydrogens is 313 g/mol. The molecule has 0 aliphatic rings. The van der Waals surface area contributed by atoms with Gasteiger partial charge in [-0.1, -0.05) is 6.07 Å². The van der Waals surface area contributed by atoms with Crippen LogP contribution < -0.4 is 15.8 Å². The molecule has 1 unspecified atom stereocenters. The van der Waals surface area contributed by atoms with Crippen molar-refractivity contribution < 1.29 is 27.4 Å². The number of carbonyl (C=O) groups excluding carboxylic acids is 1. The number of alkyl halides is 3. The fourth-order valence-electron chi connectivity index (χ4n) is 1.93. The summed E-state index contributed by atoms with van der Waals surface area (Å²) in [5.41, 5.74) is 3.70. The van der Waals surface area contributed by atoms with Gasteiger partial charge < -0.3 is 20.5 Å². The standard InChI is InChI=1S/C15H21F3N2O3/c1-14(2,3)23-13(21)20-12(8-19)10-6-5-9(22-4)7-11(10)15(16,17)18/h5-7,12H,8,19H2,1-4H3,(H,20,21). The van der Waals surface area contributed by atoms with Crippen molar-refractivity contribution in [1.29, 1.82) is 0 Å². The van der Waals surface area contributed by atoms with Gasteiger partial charge in [0.15, 0.2) is 0 Å². The van der Waals surface area contributed by atoms with E-state index >= 15 is 0 Å². The van der Waals surface area contributed by atoms with Gasteiger partial charge in [-0.15, -0.1) is 0 Å². The molecule has 0 fully saturated rings. The SMILES string of the molecule is COc1ccc(C(CN)NC(=O)OC(C)(C)C)c(C(F)(F)F)c1. The predicted molar refractivity (Wildman–Crippen MR) is 79.2 cm³/mol. The molecule has 23 heavy (non-hydrogen) atoms. The topological polar surface area (TPSA) is 73.6 Å². The Morgan fingerprint density at radius 3 is 2.35 bits per heavy atom. The van der Waals surface area contributed by atoms with Crippen LogP contribution in [0.1, 0.15) is 37.9 Å². The van der Waals surface area contributed by atoms with Gasteiger partial charge in [0.2, 0.25) is 0 Å². The fourth-order valence-corrected chi connectivity index (χ4v) is 1.93. The van der Waals surface area contributed by atoms with Crippen molar-refractivity contribution in [2.24, 2.45) is 5.73 Å². The van der Waals surface area contributed by atoms with Gasteiger partial charge in [0.1, 0.15) is 11.4 Å². The lowest BCUT2D eigenvalue weighted by Crippen LogP contribution is -2.38. The summed E-state index contributed by atoms with van der Waals surface area (Å²) in [6.45, 7) is 4.74. The molecule has 0 heterocycles. The van der Waals surface area contributed by atoms with E-state index in [0.29, 0.717) is 0 Å². The van der Waals surface area contributed by atoms with E-state index in [1.54, 1.807) is 20.8 Å². The first kappa shape index (κ1) is 19.1. The number of carbonyl (C=O) groups is 1. The maximum atomic E-state index is 13.2. The maximum absolute atomic E-state index is 13.2. The van der Waals surface area contributed by atoms with E-state index in [1.807, 2.05) is 0 Å². The zero-order chi connectivity index (χ0) is 17.8. The Hall–Kier alpha value is -1.96. The van der Waals surface area contributed by atoms with Crippen molar-refractivity contribution in [3.63, 3.8) is 0 Å². The first-order valence-electron chi connectivity index (χ1n) is 6.92. The summed E-state index contributed by atoms with van der Waals surface area (Å²) >= 11 is 0. The van der Waals surface area contributed by atoms with Crippen molar-refractivity contribution in [1.82, 2.24) is 5.32 Å². The van der Waals surface area contributed by atoms with Crippen molar-refractivity contribution in [2.45, 2.75) is 38.6 Å². The highest BCUT2D eigenvalue weighted by Crippen LogP contribution is 2.36. The second-order valence-electron chi connectivity index (χ2n) is 5.89. The van der Waals surface area contributed by atoms with Gasteiger partial charge >= 0.3 is 12.3 Å². The van der Waals surface area contributed by atoms with E-state index in [1.165, 1.54) is 19.2 Å². The van der Waals surface area contributed by atoms with Crippen molar-refractivity contribution in [3.05, 3.63) is 29.3 Å². The van der Waals surface area contributed by atoms with Crippen LogP contribution in [-0.2, 0) is 10.9 Å². The zero-order valence-electron chi connectivity index (χ0n) is 13.5. The molecular formula is C15H21F3N2O3. The van der Waals surface area contributed by atoms with Crippen LogP contribution in [0, 0.1) is 0 Å². The molecule has 1 atom stereocenters. The molecule has 0 aliphatic heterocycles. The Bertz CT molecular complexity index is 554. The van der Waals surface area contributed by atoms with E-state index in [-0.39, 0.29) is 17.9 Å². The maximum Gasteiger partial charge on any atom is 0.416 e. The number of halogens is 3. The lowest BCUT2D eigenvalue weighted by molar-refractivity contribution is -0.138. The van der Waals surface area contributed by atoms with E-state index in [9.17, 15) is 18.0 Å². The smallest absolute Gasteiger partial charge is 0.416 e. The monoisotopic (exact) mass is 334 g/mol.